The Morgan fingerprint density at radius 1 is 1.53 bits per heavy atom. The highest BCUT2D eigenvalue weighted by atomic mass is 35.5. The van der Waals surface area contributed by atoms with E-state index in [-0.39, 0.29) is 22.9 Å². The first-order chi connectivity index (χ1) is 7.99. The summed E-state index contributed by atoms with van der Waals surface area (Å²) in [4.78, 5) is 14.6. The molecule has 0 amide bonds. The molecule has 0 radical (unpaired) electrons. The lowest BCUT2D eigenvalue weighted by molar-refractivity contribution is -0.139. The van der Waals surface area contributed by atoms with Crippen LogP contribution in [0.3, 0.4) is 0 Å². The molecule has 0 saturated carbocycles. The molecule has 0 spiro atoms. The van der Waals surface area contributed by atoms with Crippen molar-refractivity contribution in [1.82, 2.24) is 4.98 Å². The molecule has 0 unspecified atom stereocenters. The second-order valence-corrected chi connectivity index (χ2v) is 3.45. The summed E-state index contributed by atoms with van der Waals surface area (Å²) in [6.07, 6.45) is -3.19. The quantitative estimate of drug-likeness (QED) is 0.620. The molecule has 0 aliphatic heterocycles. The van der Waals surface area contributed by atoms with Crippen molar-refractivity contribution < 1.29 is 23.0 Å². The molecule has 94 valence electrons. The van der Waals surface area contributed by atoms with Crippen LogP contribution in [0.1, 0.15) is 17.7 Å². The third-order valence-electron chi connectivity index (χ3n) is 2.06. The Kier molecular flexibility index (Phi) is 4.62. The molecule has 0 aromatic carbocycles. The highest BCUT2D eigenvalue weighted by Gasteiger charge is 2.22. The zero-order valence-corrected chi connectivity index (χ0v) is 9.92. The molecular weight excluding hydrogens is 256 g/mol. The van der Waals surface area contributed by atoms with Gasteiger partial charge in [0.15, 0.2) is 0 Å². The lowest BCUT2D eigenvalue weighted by Gasteiger charge is -2.12. The molecular formula is C10H10ClF2NO3. The van der Waals surface area contributed by atoms with E-state index in [9.17, 15) is 13.6 Å². The van der Waals surface area contributed by atoms with Gasteiger partial charge in [0, 0.05) is 11.6 Å². The Labute approximate surface area is 101 Å². The van der Waals surface area contributed by atoms with E-state index in [0.29, 0.717) is 0 Å². The predicted molar refractivity (Wildman–Crippen MR) is 56.5 cm³/mol. The minimum Gasteiger partial charge on any atom is -0.496 e. The topological polar surface area (TPSA) is 48.4 Å². The molecule has 1 aromatic rings. The highest BCUT2D eigenvalue weighted by Crippen LogP contribution is 2.31. The third-order valence-corrected chi connectivity index (χ3v) is 2.25. The van der Waals surface area contributed by atoms with Crippen molar-refractivity contribution in [3.8, 4) is 5.75 Å². The van der Waals surface area contributed by atoms with Crippen molar-refractivity contribution in [2.75, 3.05) is 14.2 Å². The van der Waals surface area contributed by atoms with Crippen molar-refractivity contribution in [3.63, 3.8) is 0 Å². The van der Waals surface area contributed by atoms with Gasteiger partial charge in [0.1, 0.15) is 16.6 Å². The van der Waals surface area contributed by atoms with Crippen molar-refractivity contribution in [2.24, 2.45) is 0 Å². The summed E-state index contributed by atoms with van der Waals surface area (Å²) in [6, 6.07) is 1.27. The van der Waals surface area contributed by atoms with Gasteiger partial charge in [0.05, 0.1) is 20.6 Å². The van der Waals surface area contributed by atoms with E-state index in [1.54, 1.807) is 0 Å². The minimum absolute atomic E-state index is 0.0150. The Morgan fingerprint density at radius 2 is 2.18 bits per heavy atom. The monoisotopic (exact) mass is 265 g/mol. The van der Waals surface area contributed by atoms with E-state index in [4.69, 9.17) is 16.3 Å². The van der Waals surface area contributed by atoms with E-state index < -0.39 is 18.1 Å². The number of alkyl halides is 2. The van der Waals surface area contributed by atoms with Crippen LogP contribution in [-0.4, -0.2) is 25.2 Å². The van der Waals surface area contributed by atoms with Gasteiger partial charge >= 0.3 is 5.97 Å². The summed E-state index contributed by atoms with van der Waals surface area (Å²) in [5.41, 5.74) is -0.585. The first-order valence-corrected chi connectivity index (χ1v) is 4.95. The SMILES string of the molecule is COC(=O)Cc1c(OC)cc(Cl)nc1C(F)F. The fourth-order valence-corrected chi connectivity index (χ4v) is 1.48. The van der Waals surface area contributed by atoms with Gasteiger partial charge in [-0.05, 0) is 0 Å². The number of carbonyl (C=O) groups is 1. The zero-order chi connectivity index (χ0) is 13.0. The van der Waals surface area contributed by atoms with E-state index in [0.717, 1.165) is 0 Å². The molecule has 0 fully saturated rings. The minimum atomic E-state index is -2.85. The molecule has 17 heavy (non-hydrogen) atoms. The summed E-state index contributed by atoms with van der Waals surface area (Å²) in [5.74, 6) is -0.569. The van der Waals surface area contributed by atoms with Gasteiger partial charge in [-0.2, -0.15) is 0 Å². The van der Waals surface area contributed by atoms with Crippen LogP contribution in [0, 0.1) is 0 Å². The van der Waals surface area contributed by atoms with E-state index in [2.05, 4.69) is 9.72 Å². The van der Waals surface area contributed by atoms with Crippen LogP contribution in [0.2, 0.25) is 5.15 Å². The van der Waals surface area contributed by atoms with Crippen LogP contribution < -0.4 is 4.74 Å². The summed E-state index contributed by atoms with van der Waals surface area (Å²) in [5, 5.41) is -0.120. The van der Waals surface area contributed by atoms with E-state index in [1.165, 1.54) is 20.3 Å². The molecule has 0 bridgehead atoms. The number of hydrogen-bond donors (Lipinski definition) is 0. The van der Waals surface area contributed by atoms with Gasteiger partial charge < -0.3 is 9.47 Å². The summed E-state index contributed by atoms with van der Waals surface area (Å²) < 4.78 is 34.8. The van der Waals surface area contributed by atoms with Crippen LogP contribution in [-0.2, 0) is 16.0 Å². The van der Waals surface area contributed by atoms with Gasteiger partial charge in [0.25, 0.3) is 6.43 Å². The molecule has 1 rings (SSSR count). The Balaban J connectivity index is 3.26. The molecule has 0 N–H and O–H groups in total. The van der Waals surface area contributed by atoms with Gasteiger partial charge in [-0.25, -0.2) is 13.8 Å². The van der Waals surface area contributed by atoms with Crippen LogP contribution >= 0.6 is 11.6 Å². The Hall–Kier alpha value is -1.43. The van der Waals surface area contributed by atoms with Gasteiger partial charge in [-0.15, -0.1) is 0 Å². The fourth-order valence-electron chi connectivity index (χ4n) is 1.29. The number of nitrogens with zero attached hydrogens (tertiary/aromatic N) is 1. The van der Waals surface area contributed by atoms with Crippen molar-refractivity contribution >= 4 is 17.6 Å². The number of hydrogen-bond acceptors (Lipinski definition) is 4. The molecule has 7 heteroatoms. The van der Waals surface area contributed by atoms with Gasteiger partial charge in [0.2, 0.25) is 0 Å². The molecule has 1 heterocycles. The maximum Gasteiger partial charge on any atom is 0.310 e. The number of halogens is 3. The molecule has 0 saturated heterocycles. The smallest absolute Gasteiger partial charge is 0.310 e. The fraction of sp³-hybridized carbons (Fsp3) is 0.400. The first kappa shape index (κ1) is 13.6. The average molecular weight is 266 g/mol. The molecule has 0 atom stereocenters. The highest BCUT2D eigenvalue weighted by molar-refractivity contribution is 6.29. The normalized spacial score (nSPS) is 10.5. The third kappa shape index (κ3) is 3.26. The number of esters is 1. The number of pyridine rings is 1. The van der Waals surface area contributed by atoms with Crippen LogP contribution in [0.25, 0.3) is 0 Å². The van der Waals surface area contributed by atoms with E-state index in [1.807, 2.05) is 0 Å². The predicted octanol–water partition coefficient (Wildman–Crippen LogP) is 2.40. The van der Waals surface area contributed by atoms with E-state index >= 15 is 0 Å². The summed E-state index contributed by atoms with van der Waals surface area (Å²) in [6.45, 7) is 0. The van der Waals surface area contributed by atoms with Crippen molar-refractivity contribution in [1.29, 1.82) is 0 Å². The number of rotatable bonds is 4. The first-order valence-electron chi connectivity index (χ1n) is 4.57. The Bertz CT molecular complexity index is 426. The lowest BCUT2D eigenvalue weighted by atomic mass is 10.1. The average Bonchev–Trinajstić information content (AvgIpc) is 2.30. The van der Waals surface area contributed by atoms with Gasteiger partial charge in [-0.1, -0.05) is 11.6 Å². The van der Waals surface area contributed by atoms with Gasteiger partial charge in [-0.3, -0.25) is 4.79 Å². The second kappa shape index (κ2) is 5.77. The number of aromatic nitrogens is 1. The lowest BCUT2D eigenvalue weighted by Crippen LogP contribution is -2.10. The van der Waals surface area contributed by atoms with Crippen molar-refractivity contribution in [3.05, 3.63) is 22.5 Å². The molecule has 4 nitrogen and oxygen atoms in total. The Morgan fingerprint density at radius 3 is 2.65 bits per heavy atom. The summed E-state index contributed by atoms with van der Waals surface area (Å²) in [7, 11) is 2.46. The van der Waals surface area contributed by atoms with Crippen LogP contribution in [0.4, 0.5) is 8.78 Å². The number of ether oxygens (including phenoxy) is 2. The van der Waals surface area contributed by atoms with Crippen LogP contribution in [0.15, 0.2) is 6.07 Å². The standard InChI is InChI=1S/C10H10ClF2NO3/c1-16-6-4-7(11)14-9(10(12)13)5(6)3-8(15)17-2/h4,10H,3H2,1-2H3. The number of carbonyl (C=O) groups excluding carboxylic acids is 1. The second-order valence-electron chi connectivity index (χ2n) is 3.06. The maximum atomic E-state index is 12.7. The molecule has 0 aliphatic rings. The van der Waals surface area contributed by atoms with Crippen molar-refractivity contribution in [2.45, 2.75) is 12.8 Å². The van der Waals surface area contributed by atoms with Crippen LogP contribution in [0.5, 0.6) is 5.75 Å². The maximum absolute atomic E-state index is 12.7. The number of methoxy groups -OCH3 is 2. The zero-order valence-electron chi connectivity index (χ0n) is 9.17. The summed E-state index contributed by atoms with van der Waals surface area (Å²) >= 11 is 5.57. The molecule has 0 aliphatic carbocycles. The largest absolute Gasteiger partial charge is 0.496 e. The molecule has 1 aromatic heterocycles.